The first-order chi connectivity index (χ1) is 25.9. The highest BCUT2D eigenvalue weighted by atomic mass is 19.3. The van der Waals surface area contributed by atoms with E-state index in [4.69, 9.17) is 13.9 Å². The predicted octanol–water partition coefficient (Wildman–Crippen LogP) is 8.24. The van der Waals surface area contributed by atoms with Crippen LogP contribution in [0.2, 0.25) is 0 Å². The number of pyridine rings is 1. The number of unbranched alkanes of at least 4 members (excludes halogenated alkanes) is 1. The van der Waals surface area contributed by atoms with Crippen molar-refractivity contribution < 1.29 is 37.1 Å². The summed E-state index contributed by atoms with van der Waals surface area (Å²) in [6.07, 6.45) is 7.58. The number of nitrogens with one attached hydrogen (secondary N) is 2. The number of ether oxygens (including phenoxy) is 2. The minimum absolute atomic E-state index is 0.0664. The van der Waals surface area contributed by atoms with E-state index in [2.05, 4.69) is 37.6 Å². The number of rotatable bonds is 15. The number of oxazole rings is 1. The lowest BCUT2D eigenvalue weighted by atomic mass is 9.86. The summed E-state index contributed by atoms with van der Waals surface area (Å²) in [5.41, 5.74) is -1.42. The van der Waals surface area contributed by atoms with E-state index in [-0.39, 0.29) is 23.3 Å². The van der Waals surface area contributed by atoms with Crippen LogP contribution in [0.1, 0.15) is 122 Å². The monoisotopic (exact) mass is 770 g/mol. The second-order valence-corrected chi connectivity index (χ2v) is 16.7. The minimum Gasteiger partial charge on any atom is -0.444 e. The van der Waals surface area contributed by atoms with Crippen LogP contribution in [-0.2, 0) is 9.47 Å². The Morgan fingerprint density at radius 3 is 2.31 bits per heavy atom. The molecule has 2 fully saturated rings. The maximum Gasteiger partial charge on any atom is 0.416 e. The van der Waals surface area contributed by atoms with Gasteiger partial charge in [-0.25, -0.2) is 28.3 Å². The molecule has 2 aliphatic rings. The van der Waals surface area contributed by atoms with Gasteiger partial charge in [0.2, 0.25) is 5.89 Å². The topological polar surface area (TPSA) is 157 Å². The third-order valence-electron chi connectivity index (χ3n) is 9.37. The number of hydrogen-bond donors (Lipinski definition) is 2. The average molecular weight is 771 g/mol. The Labute approximate surface area is 321 Å². The van der Waals surface area contributed by atoms with Crippen molar-refractivity contribution in [1.29, 1.82) is 0 Å². The summed E-state index contributed by atoms with van der Waals surface area (Å²) in [6.45, 7) is 13.7. The van der Waals surface area contributed by atoms with Crippen molar-refractivity contribution in [3.05, 3.63) is 42.2 Å². The van der Waals surface area contributed by atoms with Gasteiger partial charge in [0.1, 0.15) is 23.3 Å². The van der Waals surface area contributed by atoms with Gasteiger partial charge in [0.25, 0.3) is 12.3 Å². The van der Waals surface area contributed by atoms with Crippen LogP contribution in [0.25, 0.3) is 11.5 Å². The molecule has 14 nitrogen and oxygen atoms in total. The standard InChI is InChI=1S/C39H56F2N8O6/c1-38(2,3)54-36(51)43-17-8-9-19-47(7)21-25-12-14-28(15-13-25)49-23-29(32(46-49)33(40)41)44-34(50)30-24-53-35(45-30)27-16-18-42-31(20-27)48(22-26-10-11-26)37(52)55-39(4,5)6/h16,18,20,23-26,28,33H,8-15,17,19,21-22H2,1-7H3,(H,43,51)(H,44,50)/t25-,28-. The van der Waals surface area contributed by atoms with Crippen LogP contribution in [0, 0.1) is 11.8 Å². The van der Waals surface area contributed by atoms with Gasteiger partial charge in [0.05, 0.1) is 11.7 Å². The maximum absolute atomic E-state index is 14.1. The molecule has 0 atom stereocenters. The molecule has 5 rings (SSSR count). The third-order valence-corrected chi connectivity index (χ3v) is 9.37. The molecule has 55 heavy (non-hydrogen) atoms. The van der Waals surface area contributed by atoms with E-state index in [1.165, 1.54) is 17.3 Å². The molecule has 3 heterocycles. The van der Waals surface area contributed by atoms with E-state index in [0.29, 0.717) is 36.3 Å². The number of nitrogens with zero attached hydrogens (tertiary/aromatic N) is 6. The van der Waals surface area contributed by atoms with Gasteiger partial charge in [0.15, 0.2) is 11.4 Å². The number of carbonyl (C=O) groups excluding carboxylic acids is 3. The van der Waals surface area contributed by atoms with Crippen LogP contribution >= 0.6 is 0 Å². The first-order valence-electron chi connectivity index (χ1n) is 19.2. The van der Waals surface area contributed by atoms with Crippen LogP contribution in [0.3, 0.4) is 0 Å². The van der Waals surface area contributed by atoms with Crippen molar-refractivity contribution in [2.45, 2.75) is 117 Å². The van der Waals surface area contributed by atoms with Crippen LogP contribution in [-0.4, -0.2) is 87.2 Å². The van der Waals surface area contributed by atoms with E-state index in [1.807, 2.05) is 20.8 Å². The number of halogens is 2. The zero-order valence-electron chi connectivity index (χ0n) is 33.1. The molecule has 0 unspecified atom stereocenters. The molecule has 2 saturated carbocycles. The molecular weight excluding hydrogens is 714 g/mol. The quantitative estimate of drug-likeness (QED) is 0.144. The summed E-state index contributed by atoms with van der Waals surface area (Å²) in [4.78, 5) is 50.6. The highest BCUT2D eigenvalue weighted by Gasteiger charge is 2.32. The fourth-order valence-electron chi connectivity index (χ4n) is 6.52. The van der Waals surface area contributed by atoms with E-state index in [9.17, 15) is 23.2 Å². The molecule has 0 saturated heterocycles. The van der Waals surface area contributed by atoms with E-state index in [0.717, 1.165) is 70.7 Å². The molecular formula is C39H56F2N8O6. The molecule has 16 heteroatoms. The van der Waals surface area contributed by atoms with Gasteiger partial charge >= 0.3 is 12.2 Å². The van der Waals surface area contributed by atoms with Crippen LogP contribution in [0.5, 0.6) is 0 Å². The van der Waals surface area contributed by atoms with Gasteiger partial charge in [0, 0.05) is 37.6 Å². The molecule has 3 aromatic heterocycles. The highest BCUT2D eigenvalue weighted by molar-refractivity contribution is 6.03. The summed E-state index contributed by atoms with van der Waals surface area (Å²) in [7, 11) is 2.09. The molecule has 0 spiro atoms. The molecule has 2 aliphatic carbocycles. The number of amides is 3. The zero-order chi connectivity index (χ0) is 39.9. The summed E-state index contributed by atoms with van der Waals surface area (Å²) >= 11 is 0. The van der Waals surface area contributed by atoms with Crippen LogP contribution in [0.15, 0.2) is 35.2 Å². The SMILES string of the molecule is CN(CCCCNC(=O)OC(C)(C)C)C[C@H]1CC[C@H](n2cc(NC(=O)c3coc(-c4ccnc(N(CC5CC5)C(=O)OC(C)(C)C)c4)n3)c(C(F)F)n2)CC1. The van der Waals surface area contributed by atoms with Crippen molar-refractivity contribution in [1.82, 2.24) is 30.0 Å². The molecule has 0 aromatic carbocycles. The van der Waals surface area contributed by atoms with Crippen LogP contribution < -0.4 is 15.5 Å². The van der Waals surface area contributed by atoms with Gasteiger partial charge in [-0.1, -0.05) is 0 Å². The van der Waals surface area contributed by atoms with Gasteiger partial charge in [-0.3, -0.25) is 14.4 Å². The number of alkyl halides is 2. The lowest BCUT2D eigenvalue weighted by Gasteiger charge is -2.31. The van der Waals surface area contributed by atoms with E-state index < -0.39 is 41.4 Å². The van der Waals surface area contributed by atoms with Crippen molar-refractivity contribution in [3.63, 3.8) is 0 Å². The maximum atomic E-state index is 14.1. The van der Waals surface area contributed by atoms with Crippen molar-refractivity contribution in [2.24, 2.45) is 11.8 Å². The molecule has 2 N–H and O–H groups in total. The van der Waals surface area contributed by atoms with Gasteiger partial charge < -0.3 is 29.4 Å². The van der Waals surface area contributed by atoms with Gasteiger partial charge in [-0.2, -0.15) is 5.10 Å². The smallest absolute Gasteiger partial charge is 0.416 e. The Balaban J connectivity index is 1.13. The third kappa shape index (κ3) is 12.7. The number of hydrogen-bond acceptors (Lipinski definition) is 10. The Kier molecular flexibility index (Phi) is 13.5. The zero-order valence-corrected chi connectivity index (χ0v) is 33.1. The predicted molar refractivity (Wildman–Crippen MR) is 203 cm³/mol. The van der Waals surface area contributed by atoms with Crippen molar-refractivity contribution in [2.75, 3.05) is 43.4 Å². The molecule has 0 aliphatic heterocycles. The molecule has 0 bridgehead atoms. The van der Waals surface area contributed by atoms with E-state index >= 15 is 0 Å². The van der Waals surface area contributed by atoms with E-state index in [1.54, 1.807) is 37.6 Å². The summed E-state index contributed by atoms with van der Waals surface area (Å²) in [5.74, 6) is 0.583. The van der Waals surface area contributed by atoms with Crippen LogP contribution in [0.4, 0.5) is 29.9 Å². The first-order valence-corrected chi connectivity index (χ1v) is 19.2. The number of aromatic nitrogens is 4. The number of anilines is 2. The van der Waals surface area contributed by atoms with Crippen molar-refractivity contribution in [3.8, 4) is 11.5 Å². The summed E-state index contributed by atoms with van der Waals surface area (Å²) < 4.78 is 46.4. The largest absolute Gasteiger partial charge is 0.444 e. The molecule has 3 aromatic rings. The summed E-state index contributed by atoms with van der Waals surface area (Å²) in [5, 5.41) is 9.56. The first kappa shape index (κ1) is 41.6. The summed E-state index contributed by atoms with van der Waals surface area (Å²) in [6, 6.07) is 3.21. The second-order valence-electron chi connectivity index (χ2n) is 16.7. The molecule has 0 radical (unpaired) electrons. The fraction of sp³-hybridized carbons (Fsp3) is 0.641. The molecule has 302 valence electrons. The van der Waals surface area contributed by atoms with Gasteiger partial charge in [-0.05, 0) is 130 Å². The molecule has 3 amide bonds. The minimum atomic E-state index is -2.90. The number of alkyl carbamates (subject to hydrolysis) is 1. The lowest BCUT2D eigenvalue weighted by molar-refractivity contribution is 0.0524. The Morgan fingerprint density at radius 2 is 1.65 bits per heavy atom. The Hall–Kier alpha value is -4.60. The van der Waals surface area contributed by atoms with Crippen molar-refractivity contribution >= 4 is 29.6 Å². The normalized spacial score (nSPS) is 17.7. The average Bonchev–Trinajstić information content (AvgIpc) is 3.60. The Morgan fingerprint density at radius 1 is 0.982 bits per heavy atom. The number of carbonyl (C=O) groups is 3. The Bertz CT molecular complexity index is 1750. The van der Waals surface area contributed by atoms with Gasteiger partial charge in [-0.15, -0.1) is 0 Å². The fourth-order valence-corrected chi connectivity index (χ4v) is 6.52. The lowest BCUT2D eigenvalue weighted by Crippen LogP contribution is -2.38. The highest BCUT2D eigenvalue weighted by Crippen LogP contribution is 2.36. The second kappa shape index (κ2) is 17.9.